The van der Waals surface area contributed by atoms with Crippen molar-refractivity contribution in [3.05, 3.63) is 273 Å². The van der Waals surface area contributed by atoms with Crippen molar-refractivity contribution < 1.29 is 0 Å². The summed E-state index contributed by atoms with van der Waals surface area (Å²) in [4.78, 5) is 2.41. The number of hydrogen-bond acceptors (Lipinski definition) is 1. The van der Waals surface area contributed by atoms with Crippen LogP contribution in [0.3, 0.4) is 0 Å². The molecule has 0 N–H and O–H groups in total. The highest BCUT2D eigenvalue weighted by molar-refractivity contribution is 5.98. The second-order valence-corrected chi connectivity index (χ2v) is 16.5. The van der Waals surface area contributed by atoms with Gasteiger partial charge in [-0.25, -0.2) is 0 Å². The summed E-state index contributed by atoms with van der Waals surface area (Å²) in [5.41, 5.74) is 20.0. The molecule has 0 bridgehead atoms. The summed E-state index contributed by atoms with van der Waals surface area (Å²) < 4.78 is 0. The molecule has 11 aromatic rings. The van der Waals surface area contributed by atoms with E-state index >= 15 is 0 Å². The Morgan fingerprint density at radius 2 is 0.554 bits per heavy atom. The van der Waals surface area contributed by atoms with Crippen LogP contribution >= 0.6 is 0 Å². The fraction of sp³-hybridized carbons (Fsp3) is 0. The van der Waals surface area contributed by atoms with Crippen LogP contribution in [-0.2, 0) is 0 Å². The van der Waals surface area contributed by atoms with Crippen LogP contribution in [0.1, 0.15) is 0 Å². The molecule has 0 spiro atoms. The van der Waals surface area contributed by atoms with Crippen LogP contribution in [0.5, 0.6) is 0 Å². The van der Waals surface area contributed by atoms with Crippen LogP contribution in [0.25, 0.3) is 88.7 Å². The third-order valence-electron chi connectivity index (χ3n) is 12.5. The third-order valence-corrected chi connectivity index (χ3v) is 12.5. The molecule has 0 amide bonds. The molecule has 0 radical (unpaired) electrons. The van der Waals surface area contributed by atoms with Gasteiger partial charge in [0.15, 0.2) is 0 Å². The van der Waals surface area contributed by atoms with Crippen molar-refractivity contribution in [2.75, 3.05) is 4.90 Å². The minimum atomic E-state index is 1.08. The van der Waals surface area contributed by atoms with Crippen LogP contribution in [-0.4, -0.2) is 0 Å². The fourth-order valence-electron chi connectivity index (χ4n) is 9.30. The van der Waals surface area contributed by atoms with Crippen molar-refractivity contribution in [2.24, 2.45) is 0 Å². The van der Waals surface area contributed by atoms with Crippen molar-refractivity contribution >= 4 is 27.8 Å². The Morgan fingerprint density at radius 1 is 0.200 bits per heavy atom. The summed E-state index contributed by atoms with van der Waals surface area (Å²) in [6.45, 7) is 0. The third kappa shape index (κ3) is 7.93. The molecule has 1 nitrogen and oxygen atoms in total. The van der Waals surface area contributed by atoms with Gasteiger partial charge < -0.3 is 4.90 Å². The van der Waals surface area contributed by atoms with E-state index in [1.165, 1.54) is 83.1 Å². The van der Waals surface area contributed by atoms with Crippen LogP contribution in [0.4, 0.5) is 17.1 Å². The van der Waals surface area contributed by atoms with Gasteiger partial charge in [0.05, 0.1) is 5.69 Å². The molecule has 11 rings (SSSR count). The fourth-order valence-corrected chi connectivity index (χ4v) is 9.30. The molecule has 306 valence electrons. The highest BCUT2D eigenvalue weighted by Crippen LogP contribution is 2.46. The molecule has 0 saturated carbocycles. The molecule has 0 aromatic heterocycles. The number of rotatable bonds is 10. The van der Waals surface area contributed by atoms with Gasteiger partial charge in [0.2, 0.25) is 0 Å². The lowest BCUT2D eigenvalue weighted by molar-refractivity contribution is 1.28. The lowest BCUT2D eigenvalue weighted by Gasteiger charge is -2.29. The quantitative estimate of drug-likeness (QED) is 0.133. The zero-order chi connectivity index (χ0) is 43.4. The zero-order valence-electron chi connectivity index (χ0n) is 35.9. The maximum Gasteiger partial charge on any atom is 0.0540 e. The van der Waals surface area contributed by atoms with Gasteiger partial charge in [-0.2, -0.15) is 0 Å². The molecule has 0 unspecified atom stereocenters. The summed E-state index contributed by atoms with van der Waals surface area (Å²) in [5.74, 6) is 0. The molecule has 0 fully saturated rings. The van der Waals surface area contributed by atoms with Gasteiger partial charge in [-0.15, -0.1) is 0 Å². The topological polar surface area (TPSA) is 3.24 Å². The molecule has 0 heterocycles. The van der Waals surface area contributed by atoms with Crippen molar-refractivity contribution in [3.8, 4) is 77.9 Å². The summed E-state index contributed by atoms with van der Waals surface area (Å²) in [7, 11) is 0. The first-order valence-electron chi connectivity index (χ1n) is 22.3. The van der Waals surface area contributed by atoms with E-state index in [9.17, 15) is 0 Å². The first kappa shape index (κ1) is 39.3. The van der Waals surface area contributed by atoms with E-state index in [2.05, 4.69) is 278 Å². The summed E-state index contributed by atoms with van der Waals surface area (Å²) in [5, 5.41) is 2.52. The number of para-hydroxylation sites is 1. The van der Waals surface area contributed by atoms with Gasteiger partial charge in [0.25, 0.3) is 0 Å². The Bertz CT molecular complexity index is 3380. The predicted octanol–water partition coefficient (Wildman–Crippen LogP) is 18.0. The number of hydrogen-bond donors (Lipinski definition) is 0. The molecule has 0 atom stereocenters. The van der Waals surface area contributed by atoms with Gasteiger partial charge in [-0.05, 0) is 119 Å². The van der Waals surface area contributed by atoms with Gasteiger partial charge >= 0.3 is 0 Å². The van der Waals surface area contributed by atoms with E-state index in [0.29, 0.717) is 0 Å². The van der Waals surface area contributed by atoms with E-state index < -0.39 is 0 Å². The van der Waals surface area contributed by atoms with E-state index in [4.69, 9.17) is 0 Å². The van der Waals surface area contributed by atoms with Crippen molar-refractivity contribution in [3.63, 3.8) is 0 Å². The number of benzene rings is 11. The minimum absolute atomic E-state index is 1.08. The second-order valence-electron chi connectivity index (χ2n) is 16.5. The average molecular weight is 828 g/mol. The van der Waals surface area contributed by atoms with Gasteiger partial charge in [-0.3, -0.25) is 0 Å². The summed E-state index contributed by atoms with van der Waals surface area (Å²) >= 11 is 0. The Labute approximate surface area is 381 Å². The van der Waals surface area contributed by atoms with Crippen molar-refractivity contribution in [1.82, 2.24) is 0 Å². The second kappa shape index (κ2) is 17.7. The smallest absolute Gasteiger partial charge is 0.0540 e. The monoisotopic (exact) mass is 827 g/mol. The van der Waals surface area contributed by atoms with Gasteiger partial charge in [-0.1, -0.05) is 237 Å². The van der Waals surface area contributed by atoms with Crippen LogP contribution < -0.4 is 4.90 Å². The Morgan fingerprint density at radius 3 is 1.18 bits per heavy atom. The highest BCUT2D eigenvalue weighted by atomic mass is 15.1. The van der Waals surface area contributed by atoms with Crippen LogP contribution in [0, 0.1) is 0 Å². The van der Waals surface area contributed by atoms with E-state index in [-0.39, 0.29) is 0 Å². The molecular weight excluding hydrogens is 783 g/mol. The maximum atomic E-state index is 2.41. The van der Waals surface area contributed by atoms with Crippen molar-refractivity contribution in [1.29, 1.82) is 0 Å². The molecule has 0 aliphatic heterocycles. The van der Waals surface area contributed by atoms with E-state index in [1.54, 1.807) is 0 Å². The number of anilines is 3. The molecule has 1 heteroatoms. The standard InChI is InChI=1S/C64H45N/c1-3-17-46(18-4-1)53-23-15-24-54(45-53)49-39-43-56(44-40-49)65(55-41-37-48(38-42-55)47-33-35-52(36-34-47)58-31-16-22-51-21-7-8-25-57(51)58)64-32-14-13-30-63(64)62-29-12-11-28-61(62)60-27-10-9-26-59(60)50-19-5-2-6-20-50/h1-45H. The van der Waals surface area contributed by atoms with E-state index in [1.807, 2.05) is 0 Å². The first-order valence-corrected chi connectivity index (χ1v) is 22.3. The molecular formula is C64H45N. The number of nitrogens with zero attached hydrogens (tertiary/aromatic N) is 1. The normalized spacial score (nSPS) is 11.1. The molecule has 65 heavy (non-hydrogen) atoms. The van der Waals surface area contributed by atoms with Crippen molar-refractivity contribution in [2.45, 2.75) is 0 Å². The summed E-state index contributed by atoms with van der Waals surface area (Å²) in [6, 6.07) is 98.8. The number of fused-ring (bicyclic) bond motifs is 1. The highest BCUT2D eigenvalue weighted by Gasteiger charge is 2.20. The minimum Gasteiger partial charge on any atom is -0.310 e. The first-order chi connectivity index (χ1) is 32.2. The van der Waals surface area contributed by atoms with Crippen LogP contribution in [0.15, 0.2) is 273 Å². The largest absolute Gasteiger partial charge is 0.310 e. The lowest BCUT2D eigenvalue weighted by Crippen LogP contribution is -2.11. The maximum absolute atomic E-state index is 2.41. The average Bonchev–Trinajstić information content (AvgIpc) is 3.40. The molecule has 0 saturated heterocycles. The summed E-state index contributed by atoms with van der Waals surface area (Å²) in [6.07, 6.45) is 0. The predicted molar refractivity (Wildman–Crippen MR) is 277 cm³/mol. The Hall–Kier alpha value is -8.52. The van der Waals surface area contributed by atoms with Gasteiger partial charge in [0, 0.05) is 16.9 Å². The molecule has 0 aliphatic carbocycles. The van der Waals surface area contributed by atoms with Gasteiger partial charge in [0.1, 0.15) is 0 Å². The Kier molecular flexibility index (Phi) is 10.7. The van der Waals surface area contributed by atoms with Crippen LogP contribution in [0.2, 0.25) is 0 Å². The molecule has 0 aliphatic rings. The lowest BCUT2D eigenvalue weighted by atomic mass is 9.88. The zero-order valence-corrected chi connectivity index (χ0v) is 35.9. The molecule has 11 aromatic carbocycles. The Balaban J connectivity index is 1.00. The van der Waals surface area contributed by atoms with E-state index in [0.717, 1.165) is 22.6 Å². The SMILES string of the molecule is c1ccc(-c2cccc(-c3ccc(N(c4ccc(-c5ccc(-c6cccc7ccccc67)cc5)cc4)c4ccccc4-c4ccccc4-c4ccccc4-c4ccccc4)cc3)c2)cc1.